The van der Waals surface area contributed by atoms with Gasteiger partial charge in [0.05, 0.1) is 5.41 Å². The van der Waals surface area contributed by atoms with Gasteiger partial charge in [-0.25, -0.2) is 0 Å². The molecule has 0 aromatic carbocycles. The Morgan fingerprint density at radius 1 is 1.40 bits per heavy atom. The Kier molecular flexibility index (Phi) is 6.46. The number of aliphatic hydroxyl groups is 1. The minimum absolute atomic E-state index is 0.0239. The van der Waals surface area contributed by atoms with E-state index >= 15 is 0 Å². The van der Waals surface area contributed by atoms with Gasteiger partial charge in [0, 0.05) is 19.7 Å². The van der Waals surface area contributed by atoms with Crippen LogP contribution in [-0.4, -0.2) is 30.7 Å². The summed E-state index contributed by atoms with van der Waals surface area (Å²) < 4.78 is 0. The first kappa shape index (κ1) is 17.4. The second-order valence-corrected chi connectivity index (χ2v) is 7.34. The lowest BCUT2D eigenvalue weighted by Crippen LogP contribution is -2.49. The second-order valence-electron chi connectivity index (χ2n) is 7.34. The molecule has 0 bridgehead atoms. The lowest BCUT2D eigenvalue weighted by Gasteiger charge is -2.38. The maximum atomic E-state index is 12.5. The van der Waals surface area contributed by atoms with E-state index < -0.39 is 0 Å². The highest BCUT2D eigenvalue weighted by atomic mass is 16.2. The van der Waals surface area contributed by atoms with Gasteiger partial charge in [0.15, 0.2) is 0 Å². The fraction of sp³-hybridized carbons (Fsp3) is 0.938. The Bertz CT molecular complexity index is 308. The number of carbonyl (C=O) groups is 1. The molecule has 4 nitrogen and oxygen atoms in total. The summed E-state index contributed by atoms with van der Waals surface area (Å²) in [7, 11) is 0. The van der Waals surface area contributed by atoms with Gasteiger partial charge >= 0.3 is 0 Å². The van der Waals surface area contributed by atoms with Crippen molar-refractivity contribution >= 4 is 5.91 Å². The van der Waals surface area contributed by atoms with Crippen LogP contribution in [-0.2, 0) is 4.79 Å². The van der Waals surface area contributed by atoms with Crippen LogP contribution >= 0.6 is 0 Å². The average molecular weight is 284 g/mol. The molecule has 0 aromatic heterocycles. The number of rotatable bonds is 7. The SMILES string of the molecule is CC1CCC(CN)(C(=O)NCC(C)(C)CCCO)CC1. The van der Waals surface area contributed by atoms with Crippen LogP contribution in [0.1, 0.15) is 59.3 Å². The molecule has 0 spiro atoms. The molecule has 118 valence electrons. The van der Waals surface area contributed by atoms with Crippen molar-refractivity contribution in [3.05, 3.63) is 0 Å². The number of carbonyl (C=O) groups excluding carboxylic acids is 1. The Hall–Kier alpha value is -0.610. The van der Waals surface area contributed by atoms with E-state index in [2.05, 4.69) is 26.1 Å². The van der Waals surface area contributed by atoms with E-state index in [1.807, 2.05) is 0 Å². The number of hydrogen-bond donors (Lipinski definition) is 3. The monoisotopic (exact) mass is 284 g/mol. The van der Waals surface area contributed by atoms with Crippen LogP contribution in [0.3, 0.4) is 0 Å². The van der Waals surface area contributed by atoms with Crippen LogP contribution < -0.4 is 11.1 Å². The lowest BCUT2D eigenvalue weighted by atomic mass is 9.70. The molecular formula is C16H32N2O2. The van der Waals surface area contributed by atoms with Crippen molar-refractivity contribution in [2.24, 2.45) is 22.5 Å². The Morgan fingerprint density at radius 3 is 2.50 bits per heavy atom. The van der Waals surface area contributed by atoms with Crippen molar-refractivity contribution in [3.63, 3.8) is 0 Å². The van der Waals surface area contributed by atoms with Crippen molar-refractivity contribution in [2.75, 3.05) is 19.7 Å². The van der Waals surface area contributed by atoms with Crippen molar-refractivity contribution < 1.29 is 9.90 Å². The van der Waals surface area contributed by atoms with Crippen LogP contribution in [0.25, 0.3) is 0 Å². The summed E-state index contributed by atoms with van der Waals surface area (Å²) >= 11 is 0. The number of amides is 1. The Morgan fingerprint density at radius 2 is 2.00 bits per heavy atom. The van der Waals surface area contributed by atoms with Gasteiger partial charge in [0.2, 0.25) is 5.91 Å². The molecule has 1 aliphatic carbocycles. The van der Waals surface area contributed by atoms with E-state index in [4.69, 9.17) is 10.8 Å². The molecule has 0 unspecified atom stereocenters. The number of nitrogens with two attached hydrogens (primary N) is 1. The van der Waals surface area contributed by atoms with Crippen molar-refractivity contribution in [2.45, 2.75) is 59.3 Å². The Balaban J connectivity index is 2.51. The molecule has 0 radical (unpaired) electrons. The molecule has 0 atom stereocenters. The molecule has 1 rings (SSSR count). The predicted octanol–water partition coefficient (Wildman–Crippen LogP) is 2.06. The van der Waals surface area contributed by atoms with Crippen LogP contribution in [0.15, 0.2) is 0 Å². The summed E-state index contributed by atoms with van der Waals surface area (Å²) in [4.78, 5) is 12.5. The zero-order valence-corrected chi connectivity index (χ0v) is 13.4. The molecule has 0 saturated heterocycles. The maximum Gasteiger partial charge on any atom is 0.227 e. The third kappa shape index (κ3) is 4.74. The molecule has 0 heterocycles. The summed E-state index contributed by atoms with van der Waals surface area (Å²) in [5, 5.41) is 12.0. The minimum atomic E-state index is -0.348. The smallest absolute Gasteiger partial charge is 0.227 e. The number of aliphatic hydroxyl groups excluding tert-OH is 1. The fourth-order valence-corrected chi connectivity index (χ4v) is 2.99. The Labute approximate surface area is 123 Å². The molecule has 1 aliphatic rings. The van der Waals surface area contributed by atoms with Gasteiger partial charge in [-0.1, -0.05) is 20.8 Å². The first-order valence-electron chi connectivity index (χ1n) is 7.94. The molecule has 0 aliphatic heterocycles. The molecular weight excluding hydrogens is 252 g/mol. The largest absolute Gasteiger partial charge is 0.396 e. The van der Waals surface area contributed by atoms with Gasteiger partial charge in [-0.15, -0.1) is 0 Å². The number of hydrogen-bond acceptors (Lipinski definition) is 3. The van der Waals surface area contributed by atoms with Gasteiger partial charge in [-0.05, 0) is 49.9 Å². The third-order valence-electron chi connectivity index (χ3n) is 4.84. The molecule has 0 aromatic rings. The van der Waals surface area contributed by atoms with Crippen molar-refractivity contribution in [1.82, 2.24) is 5.32 Å². The zero-order valence-electron chi connectivity index (χ0n) is 13.4. The van der Waals surface area contributed by atoms with Gasteiger partial charge < -0.3 is 16.2 Å². The summed E-state index contributed by atoms with van der Waals surface area (Å²) in [6, 6.07) is 0. The molecule has 1 fully saturated rings. The highest BCUT2D eigenvalue weighted by molar-refractivity contribution is 5.83. The molecule has 20 heavy (non-hydrogen) atoms. The maximum absolute atomic E-state index is 12.5. The first-order valence-corrected chi connectivity index (χ1v) is 7.94. The average Bonchev–Trinajstić information content (AvgIpc) is 2.44. The van der Waals surface area contributed by atoms with E-state index in [1.165, 1.54) is 0 Å². The van der Waals surface area contributed by atoms with E-state index in [0.29, 0.717) is 19.0 Å². The normalized spacial score (nSPS) is 27.4. The van der Waals surface area contributed by atoms with Gasteiger partial charge in [0.1, 0.15) is 0 Å². The molecule has 4 heteroatoms. The zero-order chi connectivity index (χ0) is 15.2. The van der Waals surface area contributed by atoms with E-state index in [9.17, 15) is 4.79 Å². The van der Waals surface area contributed by atoms with Crippen LogP contribution in [0.4, 0.5) is 0 Å². The summed E-state index contributed by atoms with van der Waals surface area (Å²) in [5.74, 6) is 0.840. The molecule has 1 saturated carbocycles. The lowest BCUT2D eigenvalue weighted by molar-refractivity contribution is -0.133. The highest BCUT2D eigenvalue weighted by Crippen LogP contribution is 2.38. The van der Waals surface area contributed by atoms with Crippen LogP contribution in [0.5, 0.6) is 0 Å². The van der Waals surface area contributed by atoms with Gasteiger partial charge in [-0.2, -0.15) is 0 Å². The van der Waals surface area contributed by atoms with Crippen LogP contribution in [0, 0.1) is 16.7 Å². The summed E-state index contributed by atoms with van der Waals surface area (Å²) in [6.45, 7) is 7.81. The van der Waals surface area contributed by atoms with E-state index in [0.717, 1.165) is 38.5 Å². The van der Waals surface area contributed by atoms with Crippen LogP contribution in [0.2, 0.25) is 0 Å². The van der Waals surface area contributed by atoms with Crippen molar-refractivity contribution in [1.29, 1.82) is 0 Å². The summed E-state index contributed by atoms with van der Waals surface area (Å²) in [5.41, 5.74) is 5.59. The molecule has 1 amide bonds. The second kappa shape index (κ2) is 7.41. The van der Waals surface area contributed by atoms with Crippen molar-refractivity contribution in [3.8, 4) is 0 Å². The third-order valence-corrected chi connectivity index (χ3v) is 4.84. The summed E-state index contributed by atoms with van der Waals surface area (Å²) in [6.07, 6.45) is 5.71. The topological polar surface area (TPSA) is 75.4 Å². The minimum Gasteiger partial charge on any atom is -0.396 e. The first-order chi connectivity index (χ1) is 9.35. The number of nitrogens with one attached hydrogen (secondary N) is 1. The fourth-order valence-electron chi connectivity index (χ4n) is 2.99. The highest BCUT2D eigenvalue weighted by Gasteiger charge is 2.40. The quantitative estimate of drug-likeness (QED) is 0.670. The van der Waals surface area contributed by atoms with Gasteiger partial charge in [-0.3, -0.25) is 4.79 Å². The van der Waals surface area contributed by atoms with Gasteiger partial charge in [0.25, 0.3) is 0 Å². The molecule has 4 N–H and O–H groups in total. The standard InChI is InChI=1S/C16H32N2O2/c1-13-5-8-16(11-17,9-6-13)14(20)18-12-15(2,3)7-4-10-19/h13,19H,4-12,17H2,1-3H3,(H,18,20). The van der Waals surface area contributed by atoms with E-state index in [-0.39, 0.29) is 23.3 Å². The predicted molar refractivity (Wildman–Crippen MR) is 82.2 cm³/mol. The van der Waals surface area contributed by atoms with E-state index in [1.54, 1.807) is 0 Å².